The van der Waals surface area contributed by atoms with Crippen LogP contribution in [0.1, 0.15) is 27.0 Å². The summed E-state index contributed by atoms with van der Waals surface area (Å²) < 4.78 is 0.942. The van der Waals surface area contributed by atoms with Crippen LogP contribution in [0.3, 0.4) is 0 Å². The number of nitrogens with one attached hydrogen (secondary N) is 1. The monoisotopic (exact) mass is 351 g/mol. The number of amides is 1. The van der Waals surface area contributed by atoms with Gasteiger partial charge in [0, 0.05) is 20.7 Å². The summed E-state index contributed by atoms with van der Waals surface area (Å²) >= 11 is 9.41. The Morgan fingerprint density at radius 3 is 2.45 bits per heavy atom. The summed E-state index contributed by atoms with van der Waals surface area (Å²) in [6.45, 7) is 6.01. The van der Waals surface area contributed by atoms with E-state index in [9.17, 15) is 4.79 Å². The topological polar surface area (TPSA) is 29.1 Å². The van der Waals surface area contributed by atoms with Gasteiger partial charge in [0.25, 0.3) is 5.91 Å². The number of halogens is 2. The summed E-state index contributed by atoms with van der Waals surface area (Å²) in [7, 11) is 0. The van der Waals surface area contributed by atoms with Crippen molar-refractivity contribution >= 4 is 39.1 Å². The van der Waals surface area contributed by atoms with Crippen molar-refractivity contribution in [2.24, 2.45) is 0 Å². The first-order valence-electron chi connectivity index (χ1n) is 6.23. The summed E-state index contributed by atoms with van der Waals surface area (Å²) in [4.78, 5) is 12.4. The van der Waals surface area contributed by atoms with Crippen molar-refractivity contribution in [2.45, 2.75) is 20.8 Å². The van der Waals surface area contributed by atoms with Gasteiger partial charge >= 0.3 is 0 Å². The predicted octanol–water partition coefficient (Wildman–Crippen LogP) is 5.28. The molecule has 0 saturated heterocycles. The van der Waals surface area contributed by atoms with E-state index in [1.165, 1.54) is 0 Å². The summed E-state index contributed by atoms with van der Waals surface area (Å²) in [6.07, 6.45) is 0. The highest BCUT2D eigenvalue weighted by atomic mass is 79.9. The van der Waals surface area contributed by atoms with Crippen molar-refractivity contribution in [3.05, 3.63) is 62.1 Å². The van der Waals surface area contributed by atoms with E-state index in [4.69, 9.17) is 11.6 Å². The van der Waals surface area contributed by atoms with E-state index >= 15 is 0 Å². The maximum absolute atomic E-state index is 12.4. The number of hydrogen-bond donors (Lipinski definition) is 1. The van der Waals surface area contributed by atoms with Gasteiger partial charge in [-0.3, -0.25) is 4.79 Å². The molecule has 1 amide bonds. The van der Waals surface area contributed by atoms with Crippen molar-refractivity contribution in [1.82, 2.24) is 0 Å². The maximum atomic E-state index is 12.4. The molecule has 2 nitrogen and oxygen atoms in total. The van der Waals surface area contributed by atoms with Crippen LogP contribution < -0.4 is 5.32 Å². The first kappa shape index (κ1) is 15.1. The average molecular weight is 353 g/mol. The first-order chi connectivity index (χ1) is 9.40. The van der Waals surface area contributed by atoms with Crippen molar-refractivity contribution in [3.8, 4) is 0 Å². The molecule has 0 aliphatic rings. The second-order valence-electron chi connectivity index (χ2n) is 4.75. The van der Waals surface area contributed by atoms with Gasteiger partial charge < -0.3 is 5.32 Å². The van der Waals surface area contributed by atoms with Gasteiger partial charge in [-0.1, -0.05) is 33.6 Å². The number of anilines is 1. The standard InChI is InChI=1S/C16H15BrClNO/c1-9-10(2)14(8-15(17)11(9)3)16(20)19-13-6-4-5-12(18)7-13/h4-8H,1-3H3,(H,19,20). The summed E-state index contributed by atoms with van der Waals surface area (Å²) in [6, 6.07) is 8.98. The van der Waals surface area contributed by atoms with Gasteiger partial charge in [-0.25, -0.2) is 0 Å². The molecule has 0 aliphatic carbocycles. The number of carbonyl (C=O) groups is 1. The van der Waals surface area contributed by atoms with Gasteiger partial charge in [-0.05, 0) is 61.7 Å². The molecule has 0 fully saturated rings. The fourth-order valence-corrected chi connectivity index (χ4v) is 2.72. The molecule has 1 N–H and O–H groups in total. The van der Waals surface area contributed by atoms with Gasteiger partial charge in [0.15, 0.2) is 0 Å². The normalized spacial score (nSPS) is 10.4. The molecule has 2 aromatic rings. The van der Waals surface area contributed by atoms with E-state index < -0.39 is 0 Å². The minimum absolute atomic E-state index is 0.131. The molecule has 0 heterocycles. The van der Waals surface area contributed by atoms with Crippen molar-refractivity contribution in [3.63, 3.8) is 0 Å². The van der Waals surface area contributed by atoms with E-state index in [-0.39, 0.29) is 5.91 Å². The highest BCUT2D eigenvalue weighted by Gasteiger charge is 2.14. The molecule has 0 aliphatic heterocycles. The van der Waals surface area contributed by atoms with Crippen LogP contribution in [0.25, 0.3) is 0 Å². The highest BCUT2D eigenvalue weighted by molar-refractivity contribution is 9.10. The third-order valence-corrected chi connectivity index (χ3v) is 4.54. The van der Waals surface area contributed by atoms with Gasteiger partial charge in [-0.2, -0.15) is 0 Å². The summed E-state index contributed by atoms with van der Waals surface area (Å²) in [5.41, 5.74) is 4.62. The van der Waals surface area contributed by atoms with Crippen LogP contribution >= 0.6 is 27.5 Å². The van der Waals surface area contributed by atoms with Crippen LogP contribution in [0.4, 0.5) is 5.69 Å². The molecule has 2 aromatic carbocycles. The van der Waals surface area contributed by atoms with E-state index in [0.717, 1.165) is 21.2 Å². The molecule has 0 saturated carbocycles. The fraction of sp³-hybridized carbons (Fsp3) is 0.188. The van der Waals surface area contributed by atoms with Crippen LogP contribution in [-0.2, 0) is 0 Å². The fourth-order valence-electron chi connectivity index (χ4n) is 2.01. The molecule has 4 heteroatoms. The number of rotatable bonds is 2. The van der Waals surface area contributed by atoms with Gasteiger partial charge in [0.1, 0.15) is 0 Å². The van der Waals surface area contributed by atoms with Crippen molar-refractivity contribution in [2.75, 3.05) is 5.32 Å². The first-order valence-corrected chi connectivity index (χ1v) is 7.40. The molecule has 0 aromatic heterocycles. The molecule has 2 rings (SSSR count). The lowest BCUT2D eigenvalue weighted by Gasteiger charge is -2.13. The second-order valence-corrected chi connectivity index (χ2v) is 6.04. The minimum Gasteiger partial charge on any atom is -0.322 e. The Hall–Kier alpha value is -1.32. The summed E-state index contributed by atoms with van der Waals surface area (Å²) in [5.74, 6) is -0.131. The molecule has 104 valence electrons. The SMILES string of the molecule is Cc1c(Br)cc(C(=O)Nc2cccc(Cl)c2)c(C)c1C. The molecular formula is C16H15BrClNO. The molecule has 0 unspecified atom stereocenters. The Balaban J connectivity index is 2.35. The van der Waals surface area contributed by atoms with Gasteiger partial charge in [0.2, 0.25) is 0 Å². The number of hydrogen-bond acceptors (Lipinski definition) is 1. The zero-order chi connectivity index (χ0) is 14.9. The van der Waals surface area contributed by atoms with Crippen LogP contribution in [0.5, 0.6) is 0 Å². The summed E-state index contributed by atoms with van der Waals surface area (Å²) in [5, 5.41) is 3.47. The Bertz CT molecular complexity index is 682. The lowest BCUT2D eigenvalue weighted by Crippen LogP contribution is -2.14. The second kappa shape index (κ2) is 5.98. The third-order valence-electron chi connectivity index (χ3n) is 3.49. The smallest absolute Gasteiger partial charge is 0.255 e. The lowest BCUT2D eigenvalue weighted by molar-refractivity contribution is 0.102. The quantitative estimate of drug-likeness (QED) is 0.782. The third kappa shape index (κ3) is 3.05. The molecule has 0 bridgehead atoms. The van der Waals surface area contributed by atoms with Crippen molar-refractivity contribution < 1.29 is 4.79 Å². The van der Waals surface area contributed by atoms with Crippen LogP contribution in [0.2, 0.25) is 5.02 Å². The van der Waals surface area contributed by atoms with Gasteiger partial charge in [-0.15, -0.1) is 0 Å². The molecule has 0 radical (unpaired) electrons. The molecule has 0 atom stereocenters. The zero-order valence-electron chi connectivity index (χ0n) is 11.6. The maximum Gasteiger partial charge on any atom is 0.255 e. The number of benzene rings is 2. The van der Waals surface area contributed by atoms with E-state index in [1.54, 1.807) is 18.2 Å². The van der Waals surface area contributed by atoms with E-state index in [1.807, 2.05) is 32.9 Å². The Labute approximate surface area is 132 Å². The zero-order valence-corrected chi connectivity index (χ0v) is 13.9. The largest absolute Gasteiger partial charge is 0.322 e. The lowest BCUT2D eigenvalue weighted by atomic mass is 9.98. The minimum atomic E-state index is -0.131. The van der Waals surface area contributed by atoms with Crippen LogP contribution in [0, 0.1) is 20.8 Å². The predicted molar refractivity (Wildman–Crippen MR) is 87.8 cm³/mol. The number of carbonyl (C=O) groups excluding carboxylic acids is 1. The van der Waals surface area contributed by atoms with Crippen LogP contribution in [0.15, 0.2) is 34.8 Å². The Morgan fingerprint density at radius 1 is 1.10 bits per heavy atom. The molecule has 20 heavy (non-hydrogen) atoms. The van der Waals surface area contributed by atoms with E-state index in [2.05, 4.69) is 21.2 Å². The Kier molecular flexibility index (Phi) is 4.51. The highest BCUT2D eigenvalue weighted by Crippen LogP contribution is 2.26. The molecular weight excluding hydrogens is 338 g/mol. The van der Waals surface area contributed by atoms with Crippen molar-refractivity contribution in [1.29, 1.82) is 0 Å². The molecule has 0 spiro atoms. The van der Waals surface area contributed by atoms with E-state index in [0.29, 0.717) is 16.3 Å². The Morgan fingerprint density at radius 2 is 1.80 bits per heavy atom. The average Bonchev–Trinajstić information content (AvgIpc) is 2.40. The van der Waals surface area contributed by atoms with Crippen LogP contribution in [-0.4, -0.2) is 5.91 Å². The van der Waals surface area contributed by atoms with Gasteiger partial charge in [0.05, 0.1) is 0 Å².